The van der Waals surface area contributed by atoms with Crippen LogP contribution in [0.15, 0.2) is 0 Å². The van der Waals surface area contributed by atoms with Crippen molar-refractivity contribution >= 4 is 5.91 Å². The lowest BCUT2D eigenvalue weighted by atomic mass is 9.88. The van der Waals surface area contributed by atoms with Crippen molar-refractivity contribution in [3.8, 4) is 0 Å². The fourth-order valence-corrected chi connectivity index (χ4v) is 2.98. The van der Waals surface area contributed by atoms with E-state index in [-0.39, 0.29) is 5.91 Å². The molecule has 0 aromatic carbocycles. The molecule has 1 fully saturated rings. The van der Waals surface area contributed by atoms with Gasteiger partial charge in [-0.1, -0.05) is 39.5 Å². The minimum atomic E-state index is -0.418. The van der Waals surface area contributed by atoms with E-state index in [0.717, 1.165) is 44.6 Å². The summed E-state index contributed by atoms with van der Waals surface area (Å²) in [6, 6.07) is 0. The van der Waals surface area contributed by atoms with Gasteiger partial charge in [-0.25, -0.2) is 0 Å². The molecule has 1 amide bonds. The molecule has 1 aliphatic carbocycles. The number of carbonyl (C=O) groups excluding carboxylic acids is 1. The van der Waals surface area contributed by atoms with E-state index in [1.54, 1.807) is 0 Å². The second kappa shape index (κ2) is 7.00. The maximum atomic E-state index is 11.8. The number of nitrogens with two attached hydrogens (primary N) is 1. The monoisotopic (exact) mass is 240 g/mol. The van der Waals surface area contributed by atoms with Crippen LogP contribution in [0.25, 0.3) is 0 Å². The van der Waals surface area contributed by atoms with E-state index in [4.69, 9.17) is 5.73 Å². The van der Waals surface area contributed by atoms with Gasteiger partial charge in [0.15, 0.2) is 0 Å². The Kier molecular flexibility index (Phi) is 5.96. The first-order valence-electron chi connectivity index (χ1n) is 7.19. The van der Waals surface area contributed by atoms with Crippen molar-refractivity contribution in [1.29, 1.82) is 0 Å². The molecule has 3 N–H and O–H groups in total. The number of nitrogens with one attached hydrogen (secondary N) is 1. The van der Waals surface area contributed by atoms with Crippen LogP contribution in [-0.2, 0) is 4.79 Å². The van der Waals surface area contributed by atoms with Crippen molar-refractivity contribution in [2.45, 2.75) is 70.8 Å². The lowest BCUT2D eigenvalue weighted by Gasteiger charge is -2.30. The van der Waals surface area contributed by atoms with Gasteiger partial charge in [-0.05, 0) is 38.1 Å². The van der Waals surface area contributed by atoms with Crippen LogP contribution in [0.5, 0.6) is 0 Å². The third-order valence-electron chi connectivity index (χ3n) is 4.08. The van der Waals surface area contributed by atoms with Gasteiger partial charge in [0.05, 0.1) is 5.54 Å². The summed E-state index contributed by atoms with van der Waals surface area (Å²) in [5, 5.41) is 3.41. The summed E-state index contributed by atoms with van der Waals surface area (Å²) in [5.41, 5.74) is 5.21. The molecule has 1 saturated carbocycles. The minimum absolute atomic E-state index is 0.150. The summed E-state index contributed by atoms with van der Waals surface area (Å²) in [4.78, 5) is 11.8. The zero-order valence-corrected chi connectivity index (χ0v) is 11.4. The van der Waals surface area contributed by atoms with Crippen LogP contribution in [0, 0.1) is 5.92 Å². The Morgan fingerprint density at radius 1 is 1.29 bits per heavy atom. The molecule has 17 heavy (non-hydrogen) atoms. The molecule has 0 heterocycles. The zero-order valence-electron chi connectivity index (χ0n) is 11.4. The average molecular weight is 240 g/mol. The number of carbonyl (C=O) groups is 1. The van der Waals surface area contributed by atoms with Crippen LogP contribution in [0.3, 0.4) is 0 Å². The predicted octanol–water partition coefficient (Wildman–Crippen LogP) is 2.59. The first-order valence-corrected chi connectivity index (χ1v) is 7.19. The fraction of sp³-hybridized carbons (Fsp3) is 0.929. The summed E-state index contributed by atoms with van der Waals surface area (Å²) in [6.07, 6.45) is 8.97. The number of primary amides is 1. The third-order valence-corrected chi connectivity index (χ3v) is 4.08. The van der Waals surface area contributed by atoms with Crippen molar-refractivity contribution in [3.05, 3.63) is 0 Å². The molecule has 3 nitrogen and oxygen atoms in total. The molecule has 2 atom stereocenters. The largest absolute Gasteiger partial charge is 0.368 e. The van der Waals surface area contributed by atoms with Crippen molar-refractivity contribution in [2.75, 3.05) is 6.54 Å². The van der Waals surface area contributed by atoms with Crippen LogP contribution in [0.4, 0.5) is 0 Å². The highest BCUT2D eigenvalue weighted by Gasteiger charge is 2.37. The molecule has 3 heteroatoms. The molecule has 0 radical (unpaired) electrons. The van der Waals surface area contributed by atoms with Crippen LogP contribution in [-0.4, -0.2) is 18.0 Å². The van der Waals surface area contributed by atoms with Crippen molar-refractivity contribution in [1.82, 2.24) is 5.32 Å². The minimum Gasteiger partial charge on any atom is -0.368 e. The Labute approximate surface area is 106 Å². The smallest absolute Gasteiger partial charge is 0.237 e. The maximum Gasteiger partial charge on any atom is 0.237 e. The van der Waals surface area contributed by atoms with E-state index in [1.807, 2.05) is 0 Å². The highest BCUT2D eigenvalue weighted by atomic mass is 16.1. The number of rotatable bonds is 6. The van der Waals surface area contributed by atoms with Gasteiger partial charge < -0.3 is 11.1 Å². The van der Waals surface area contributed by atoms with Gasteiger partial charge in [-0.2, -0.15) is 0 Å². The Morgan fingerprint density at radius 3 is 2.65 bits per heavy atom. The molecule has 100 valence electrons. The molecule has 1 aliphatic rings. The average Bonchev–Trinajstić information content (AvgIpc) is 2.51. The third kappa shape index (κ3) is 3.98. The Balaban J connectivity index is 2.62. The molecule has 0 aromatic heterocycles. The van der Waals surface area contributed by atoms with Gasteiger partial charge >= 0.3 is 0 Å². The van der Waals surface area contributed by atoms with E-state index in [0.29, 0.717) is 0 Å². The lowest BCUT2D eigenvalue weighted by molar-refractivity contribution is -0.125. The molecule has 1 rings (SSSR count). The second-order valence-electron chi connectivity index (χ2n) is 5.46. The molecule has 0 aliphatic heterocycles. The fourth-order valence-electron chi connectivity index (χ4n) is 2.98. The van der Waals surface area contributed by atoms with Crippen molar-refractivity contribution in [3.63, 3.8) is 0 Å². The van der Waals surface area contributed by atoms with Gasteiger partial charge in [0.1, 0.15) is 0 Å². The van der Waals surface area contributed by atoms with Crippen molar-refractivity contribution < 1.29 is 4.79 Å². The Hall–Kier alpha value is -0.570. The highest BCUT2D eigenvalue weighted by Crippen LogP contribution is 2.32. The van der Waals surface area contributed by atoms with Gasteiger partial charge in [0.2, 0.25) is 5.91 Å². The summed E-state index contributed by atoms with van der Waals surface area (Å²) < 4.78 is 0. The van der Waals surface area contributed by atoms with Gasteiger partial charge in [0, 0.05) is 0 Å². The predicted molar refractivity (Wildman–Crippen MR) is 71.7 cm³/mol. The van der Waals surface area contributed by atoms with Gasteiger partial charge in [-0.15, -0.1) is 0 Å². The Bertz CT molecular complexity index is 242. The molecule has 2 unspecified atom stereocenters. The summed E-state index contributed by atoms with van der Waals surface area (Å²) in [7, 11) is 0. The summed E-state index contributed by atoms with van der Waals surface area (Å²) >= 11 is 0. The van der Waals surface area contributed by atoms with Crippen LogP contribution < -0.4 is 11.1 Å². The molecular weight excluding hydrogens is 212 g/mol. The number of hydrogen-bond acceptors (Lipinski definition) is 2. The summed E-state index contributed by atoms with van der Waals surface area (Å²) in [5.74, 6) is 0.646. The topological polar surface area (TPSA) is 55.1 Å². The van der Waals surface area contributed by atoms with E-state index < -0.39 is 5.54 Å². The summed E-state index contributed by atoms with van der Waals surface area (Å²) in [6.45, 7) is 5.25. The van der Waals surface area contributed by atoms with Gasteiger partial charge in [-0.3, -0.25) is 4.79 Å². The lowest BCUT2D eigenvalue weighted by Crippen LogP contribution is -2.55. The van der Waals surface area contributed by atoms with E-state index in [9.17, 15) is 4.79 Å². The first kappa shape index (κ1) is 14.5. The first-order chi connectivity index (χ1) is 8.14. The molecule has 0 aromatic rings. The van der Waals surface area contributed by atoms with Crippen LogP contribution in [0.1, 0.15) is 65.2 Å². The SMILES string of the molecule is CCCNC1(C(N)=O)CCCC(CCC)CC1. The molecule has 0 bridgehead atoms. The van der Waals surface area contributed by atoms with Crippen LogP contribution in [0.2, 0.25) is 0 Å². The highest BCUT2D eigenvalue weighted by molar-refractivity contribution is 5.84. The normalized spacial score (nSPS) is 29.9. The number of amides is 1. The molecular formula is C14H28N2O. The maximum absolute atomic E-state index is 11.8. The molecule has 0 spiro atoms. The van der Waals surface area contributed by atoms with Crippen LogP contribution >= 0.6 is 0 Å². The van der Waals surface area contributed by atoms with E-state index >= 15 is 0 Å². The van der Waals surface area contributed by atoms with E-state index in [1.165, 1.54) is 19.3 Å². The zero-order chi connectivity index (χ0) is 12.7. The quantitative estimate of drug-likeness (QED) is 0.701. The Morgan fingerprint density at radius 2 is 2.06 bits per heavy atom. The van der Waals surface area contributed by atoms with Gasteiger partial charge in [0.25, 0.3) is 0 Å². The molecule has 0 saturated heterocycles. The van der Waals surface area contributed by atoms with Crippen molar-refractivity contribution in [2.24, 2.45) is 11.7 Å². The van der Waals surface area contributed by atoms with E-state index in [2.05, 4.69) is 19.2 Å². The standard InChI is InChI=1S/C14H28N2O/c1-3-6-12-7-5-9-14(10-8-12,13(15)17)16-11-4-2/h12,16H,3-11H2,1-2H3,(H2,15,17). The number of hydrogen-bond donors (Lipinski definition) is 2. The second-order valence-corrected chi connectivity index (χ2v) is 5.46.